The van der Waals surface area contributed by atoms with E-state index in [1.165, 1.54) is 0 Å². The molecule has 2 fully saturated rings. The van der Waals surface area contributed by atoms with Crippen LogP contribution in [-0.2, 0) is 14.3 Å². The zero-order chi connectivity index (χ0) is 14.5. The first-order valence-corrected chi connectivity index (χ1v) is 7.41. The molecule has 0 saturated carbocycles. The Hall–Kier alpha value is -1.14. The largest absolute Gasteiger partial charge is 0.480 e. The number of nitrogens with zero attached hydrogens (tertiary/aromatic N) is 1. The van der Waals surface area contributed by atoms with Crippen LogP contribution in [0.25, 0.3) is 0 Å². The fourth-order valence-electron chi connectivity index (χ4n) is 2.91. The number of carboxylic acids is 1. The van der Waals surface area contributed by atoms with E-state index in [1.54, 1.807) is 4.90 Å². The molecule has 3 unspecified atom stereocenters. The second-order valence-corrected chi connectivity index (χ2v) is 5.89. The SMILES string of the molecule is CC1CCN(CC(=O)NCC2CCCO2)C(C(=O)O)C1. The number of carboxylic acid groups (broad SMARTS) is 1. The van der Waals surface area contributed by atoms with Gasteiger partial charge in [0.1, 0.15) is 6.04 Å². The lowest BCUT2D eigenvalue weighted by Gasteiger charge is -2.35. The molecule has 2 aliphatic heterocycles. The maximum Gasteiger partial charge on any atom is 0.320 e. The Morgan fingerprint density at radius 1 is 1.40 bits per heavy atom. The Kier molecular flexibility index (Phi) is 5.37. The predicted octanol–water partition coefficient (Wildman–Crippen LogP) is 0.467. The first kappa shape index (κ1) is 15.3. The van der Waals surface area contributed by atoms with Crippen LogP contribution in [0.2, 0.25) is 0 Å². The maximum absolute atomic E-state index is 11.9. The Balaban J connectivity index is 1.77. The summed E-state index contributed by atoms with van der Waals surface area (Å²) in [4.78, 5) is 25.0. The molecular formula is C14H24N2O4. The summed E-state index contributed by atoms with van der Waals surface area (Å²) in [7, 11) is 0. The molecule has 0 aromatic rings. The number of amides is 1. The molecule has 20 heavy (non-hydrogen) atoms. The lowest BCUT2D eigenvalue weighted by Crippen LogP contribution is -2.51. The number of carbonyl (C=O) groups is 2. The summed E-state index contributed by atoms with van der Waals surface area (Å²) in [6.07, 6.45) is 3.72. The summed E-state index contributed by atoms with van der Waals surface area (Å²) in [6.45, 7) is 4.19. The molecule has 0 aromatic carbocycles. The van der Waals surface area contributed by atoms with E-state index in [1.807, 2.05) is 0 Å². The van der Waals surface area contributed by atoms with Crippen molar-refractivity contribution in [1.82, 2.24) is 10.2 Å². The summed E-state index contributed by atoms with van der Waals surface area (Å²) in [5, 5.41) is 12.1. The van der Waals surface area contributed by atoms with Gasteiger partial charge in [0, 0.05) is 13.2 Å². The van der Waals surface area contributed by atoms with Gasteiger partial charge in [-0.05, 0) is 38.1 Å². The first-order valence-electron chi connectivity index (χ1n) is 7.41. The fraction of sp³-hybridized carbons (Fsp3) is 0.857. The van der Waals surface area contributed by atoms with Crippen LogP contribution in [0.15, 0.2) is 0 Å². The number of carbonyl (C=O) groups excluding carboxylic acids is 1. The van der Waals surface area contributed by atoms with Gasteiger partial charge in [-0.2, -0.15) is 0 Å². The normalized spacial score (nSPS) is 31.1. The van der Waals surface area contributed by atoms with E-state index in [-0.39, 0.29) is 18.6 Å². The lowest BCUT2D eigenvalue weighted by molar-refractivity contribution is -0.146. The van der Waals surface area contributed by atoms with Crippen molar-refractivity contribution in [3.05, 3.63) is 0 Å². The van der Waals surface area contributed by atoms with Crippen LogP contribution in [-0.4, -0.2) is 60.3 Å². The van der Waals surface area contributed by atoms with E-state index >= 15 is 0 Å². The van der Waals surface area contributed by atoms with Crippen molar-refractivity contribution in [3.63, 3.8) is 0 Å². The maximum atomic E-state index is 11.9. The Morgan fingerprint density at radius 2 is 2.20 bits per heavy atom. The van der Waals surface area contributed by atoms with Crippen molar-refractivity contribution in [1.29, 1.82) is 0 Å². The van der Waals surface area contributed by atoms with E-state index in [2.05, 4.69) is 12.2 Å². The molecule has 6 nitrogen and oxygen atoms in total. The van der Waals surface area contributed by atoms with E-state index in [4.69, 9.17) is 4.74 Å². The molecule has 0 bridgehead atoms. The van der Waals surface area contributed by atoms with Gasteiger partial charge in [0.05, 0.1) is 12.6 Å². The minimum Gasteiger partial charge on any atom is -0.480 e. The van der Waals surface area contributed by atoms with Gasteiger partial charge in [-0.15, -0.1) is 0 Å². The van der Waals surface area contributed by atoms with Gasteiger partial charge >= 0.3 is 5.97 Å². The second-order valence-electron chi connectivity index (χ2n) is 5.89. The van der Waals surface area contributed by atoms with Gasteiger partial charge in [0.15, 0.2) is 0 Å². The van der Waals surface area contributed by atoms with Crippen LogP contribution in [0.5, 0.6) is 0 Å². The van der Waals surface area contributed by atoms with Crippen LogP contribution < -0.4 is 5.32 Å². The number of rotatable bonds is 5. The first-order chi connectivity index (χ1) is 9.56. The van der Waals surface area contributed by atoms with Gasteiger partial charge in [0.25, 0.3) is 0 Å². The topological polar surface area (TPSA) is 78.9 Å². The van der Waals surface area contributed by atoms with E-state index in [0.29, 0.717) is 25.4 Å². The van der Waals surface area contributed by atoms with Crippen LogP contribution in [0, 0.1) is 5.92 Å². The third-order valence-corrected chi connectivity index (χ3v) is 4.16. The molecular weight excluding hydrogens is 260 g/mol. The average Bonchev–Trinajstić information content (AvgIpc) is 2.91. The molecule has 0 aromatic heterocycles. The lowest BCUT2D eigenvalue weighted by atomic mass is 9.92. The fourth-order valence-corrected chi connectivity index (χ4v) is 2.91. The standard InChI is InChI=1S/C14H24N2O4/c1-10-4-5-16(12(7-10)14(18)19)9-13(17)15-8-11-3-2-6-20-11/h10-12H,2-9H2,1H3,(H,15,17)(H,18,19). The molecule has 0 aliphatic carbocycles. The molecule has 2 aliphatic rings. The third-order valence-electron chi connectivity index (χ3n) is 4.16. The molecule has 114 valence electrons. The Morgan fingerprint density at radius 3 is 2.85 bits per heavy atom. The van der Waals surface area contributed by atoms with E-state index in [9.17, 15) is 14.7 Å². The number of hydrogen-bond acceptors (Lipinski definition) is 4. The minimum absolute atomic E-state index is 0.110. The van der Waals surface area contributed by atoms with Crippen molar-refractivity contribution < 1.29 is 19.4 Å². The number of ether oxygens (including phenoxy) is 1. The highest BCUT2D eigenvalue weighted by atomic mass is 16.5. The van der Waals surface area contributed by atoms with E-state index in [0.717, 1.165) is 25.9 Å². The van der Waals surface area contributed by atoms with Crippen LogP contribution in [0.1, 0.15) is 32.6 Å². The molecule has 1 amide bonds. The zero-order valence-corrected chi connectivity index (χ0v) is 12.0. The number of aliphatic carboxylic acids is 1. The van der Waals surface area contributed by atoms with Gasteiger partial charge in [-0.3, -0.25) is 14.5 Å². The van der Waals surface area contributed by atoms with Crippen molar-refractivity contribution >= 4 is 11.9 Å². The van der Waals surface area contributed by atoms with Crippen molar-refractivity contribution in [2.45, 2.75) is 44.8 Å². The molecule has 2 N–H and O–H groups in total. The summed E-state index contributed by atoms with van der Waals surface area (Å²) < 4.78 is 5.44. The number of nitrogens with one attached hydrogen (secondary N) is 1. The molecule has 6 heteroatoms. The van der Waals surface area contributed by atoms with Crippen LogP contribution in [0.4, 0.5) is 0 Å². The minimum atomic E-state index is -0.830. The quantitative estimate of drug-likeness (QED) is 0.767. The Labute approximate surface area is 119 Å². The molecule has 0 radical (unpaired) electrons. The van der Waals surface area contributed by atoms with E-state index < -0.39 is 12.0 Å². The van der Waals surface area contributed by atoms with Gasteiger partial charge in [-0.25, -0.2) is 0 Å². The smallest absolute Gasteiger partial charge is 0.320 e. The zero-order valence-electron chi connectivity index (χ0n) is 12.0. The summed E-state index contributed by atoms with van der Waals surface area (Å²) in [6, 6.07) is -0.535. The highest BCUT2D eigenvalue weighted by Crippen LogP contribution is 2.22. The summed E-state index contributed by atoms with van der Waals surface area (Å²) in [5.41, 5.74) is 0. The molecule has 2 saturated heterocycles. The number of hydrogen-bond donors (Lipinski definition) is 2. The van der Waals surface area contributed by atoms with Crippen molar-refractivity contribution in [2.75, 3.05) is 26.2 Å². The highest BCUT2D eigenvalue weighted by molar-refractivity contribution is 5.80. The van der Waals surface area contributed by atoms with Crippen molar-refractivity contribution in [2.24, 2.45) is 5.92 Å². The summed E-state index contributed by atoms with van der Waals surface area (Å²) >= 11 is 0. The molecule has 2 rings (SSSR count). The number of piperidine rings is 1. The second kappa shape index (κ2) is 7.04. The Bertz CT molecular complexity index is 355. The van der Waals surface area contributed by atoms with Gasteiger partial charge in [0.2, 0.25) is 5.91 Å². The average molecular weight is 284 g/mol. The number of likely N-dealkylation sites (tertiary alicyclic amines) is 1. The van der Waals surface area contributed by atoms with Crippen LogP contribution in [0.3, 0.4) is 0 Å². The van der Waals surface area contributed by atoms with Crippen LogP contribution >= 0.6 is 0 Å². The third kappa shape index (κ3) is 4.18. The summed E-state index contributed by atoms with van der Waals surface area (Å²) in [5.74, 6) is -0.535. The van der Waals surface area contributed by atoms with Gasteiger partial charge in [-0.1, -0.05) is 6.92 Å². The molecule has 3 atom stereocenters. The predicted molar refractivity (Wildman–Crippen MR) is 73.4 cm³/mol. The molecule has 0 spiro atoms. The highest BCUT2D eigenvalue weighted by Gasteiger charge is 2.32. The monoisotopic (exact) mass is 284 g/mol. The molecule has 2 heterocycles. The van der Waals surface area contributed by atoms with Crippen molar-refractivity contribution in [3.8, 4) is 0 Å². The van der Waals surface area contributed by atoms with Gasteiger partial charge < -0.3 is 15.2 Å².